The molecule has 0 aromatic rings. The number of methoxy groups -OCH3 is 1. The van der Waals surface area contributed by atoms with E-state index >= 15 is 0 Å². The molecule has 0 aliphatic heterocycles. The van der Waals surface area contributed by atoms with Crippen LogP contribution in [0.25, 0.3) is 0 Å². The molecule has 2 aliphatic rings. The van der Waals surface area contributed by atoms with Crippen molar-refractivity contribution in [2.24, 2.45) is 11.3 Å². The minimum Gasteiger partial charge on any atom is -0.390 e. The molecule has 0 spiro atoms. The van der Waals surface area contributed by atoms with Crippen molar-refractivity contribution in [3.8, 4) is 0 Å². The molecule has 0 aromatic heterocycles. The van der Waals surface area contributed by atoms with Crippen LogP contribution in [-0.4, -0.2) is 41.4 Å². The highest BCUT2D eigenvalue weighted by Crippen LogP contribution is 2.59. The van der Waals surface area contributed by atoms with Gasteiger partial charge in [-0.25, -0.2) is 0 Å². The van der Waals surface area contributed by atoms with E-state index in [1.54, 1.807) is 13.2 Å². The van der Waals surface area contributed by atoms with Gasteiger partial charge in [-0.1, -0.05) is 25.5 Å². The zero-order valence-corrected chi connectivity index (χ0v) is 12.6. The summed E-state index contributed by atoms with van der Waals surface area (Å²) in [5.41, 5.74) is -0.213. The minimum atomic E-state index is -1.27. The fraction of sp³-hybridized carbons (Fsp3) is 0.688. The summed E-state index contributed by atoms with van der Waals surface area (Å²) < 4.78 is 5.34. The van der Waals surface area contributed by atoms with Crippen LogP contribution >= 0.6 is 0 Å². The van der Waals surface area contributed by atoms with Gasteiger partial charge < -0.3 is 14.9 Å². The zero-order chi connectivity index (χ0) is 15.1. The lowest BCUT2D eigenvalue weighted by molar-refractivity contribution is -0.241. The number of aliphatic hydroxyl groups excluding tert-OH is 1. The number of fused-ring (bicyclic) bond motifs is 1. The quantitative estimate of drug-likeness (QED) is 0.596. The Morgan fingerprint density at radius 3 is 2.55 bits per heavy atom. The first-order valence-corrected chi connectivity index (χ1v) is 7.03. The van der Waals surface area contributed by atoms with Crippen LogP contribution in [0.1, 0.15) is 33.6 Å². The van der Waals surface area contributed by atoms with Crippen LogP contribution in [0.5, 0.6) is 0 Å². The normalized spacial score (nSPS) is 45.4. The zero-order valence-electron chi connectivity index (χ0n) is 12.6. The van der Waals surface area contributed by atoms with Crippen LogP contribution in [0, 0.1) is 11.3 Å². The number of carbonyl (C=O) groups excluding carboxylic acids is 1. The predicted octanol–water partition coefficient (Wildman–Crippen LogP) is 1.61. The third-order valence-corrected chi connectivity index (χ3v) is 4.97. The Hall–Kier alpha value is -0.970. The van der Waals surface area contributed by atoms with Gasteiger partial charge in [-0.05, 0) is 36.8 Å². The van der Waals surface area contributed by atoms with E-state index in [1.165, 1.54) is 0 Å². The lowest BCUT2D eigenvalue weighted by Crippen LogP contribution is -2.68. The Morgan fingerprint density at radius 1 is 1.40 bits per heavy atom. The summed E-state index contributed by atoms with van der Waals surface area (Å²) in [6.07, 6.45) is 4.29. The van der Waals surface area contributed by atoms with Crippen LogP contribution in [-0.2, 0) is 9.53 Å². The Labute approximate surface area is 120 Å². The summed E-state index contributed by atoms with van der Waals surface area (Å²) in [4.78, 5) is 11.4. The number of carbonyl (C=O) groups is 1. The van der Waals surface area contributed by atoms with Crippen molar-refractivity contribution in [3.05, 3.63) is 23.3 Å². The first-order chi connectivity index (χ1) is 9.26. The van der Waals surface area contributed by atoms with Crippen molar-refractivity contribution in [3.63, 3.8) is 0 Å². The van der Waals surface area contributed by atoms with E-state index in [0.717, 1.165) is 11.9 Å². The van der Waals surface area contributed by atoms with Crippen LogP contribution < -0.4 is 0 Å². The first-order valence-electron chi connectivity index (χ1n) is 7.03. The average molecular weight is 280 g/mol. The second kappa shape index (κ2) is 5.10. The summed E-state index contributed by atoms with van der Waals surface area (Å²) >= 11 is 0. The molecule has 4 heteroatoms. The third kappa shape index (κ3) is 2.16. The number of rotatable bonds is 2. The molecule has 0 radical (unpaired) electrons. The van der Waals surface area contributed by atoms with Gasteiger partial charge in [0.15, 0.2) is 0 Å². The highest BCUT2D eigenvalue weighted by Gasteiger charge is 2.64. The van der Waals surface area contributed by atoms with Crippen LogP contribution in [0.3, 0.4) is 0 Å². The van der Waals surface area contributed by atoms with Gasteiger partial charge in [0.1, 0.15) is 11.9 Å². The molecular weight excluding hydrogens is 256 g/mol. The van der Waals surface area contributed by atoms with Crippen molar-refractivity contribution >= 4 is 6.29 Å². The molecule has 1 saturated carbocycles. The van der Waals surface area contributed by atoms with E-state index in [2.05, 4.69) is 0 Å². The Bertz CT molecular complexity index is 463. The van der Waals surface area contributed by atoms with Gasteiger partial charge in [-0.15, -0.1) is 0 Å². The molecule has 20 heavy (non-hydrogen) atoms. The first kappa shape index (κ1) is 15.4. The second-order valence-electron chi connectivity index (χ2n) is 6.68. The maximum Gasteiger partial charge on any atom is 0.146 e. The maximum atomic E-state index is 11.4. The summed E-state index contributed by atoms with van der Waals surface area (Å²) in [5.74, 6) is -0.332. The molecule has 2 rings (SSSR count). The molecule has 2 aliphatic carbocycles. The van der Waals surface area contributed by atoms with Gasteiger partial charge in [-0.2, -0.15) is 0 Å². The fourth-order valence-electron chi connectivity index (χ4n) is 3.65. The number of ether oxygens (including phenoxy) is 1. The second-order valence-corrected chi connectivity index (χ2v) is 6.68. The van der Waals surface area contributed by atoms with Crippen molar-refractivity contribution in [1.82, 2.24) is 0 Å². The third-order valence-electron chi connectivity index (χ3n) is 4.97. The molecule has 0 aromatic carbocycles. The summed E-state index contributed by atoms with van der Waals surface area (Å²) in [7, 11) is 1.58. The van der Waals surface area contributed by atoms with Crippen LogP contribution in [0.4, 0.5) is 0 Å². The lowest BCUT2D eigenvalue weighted by atomic mass is 9.48. The van der Waals surface area contributed by atoms with E-state index in [1.807, 2.05) is 26.8 Å². The monoisotopic (exact) mass is 280 g/mol. The molecule has 112 valence electrons. The molecule has 0 amide bonds. The SMILES string of the molecule is CO[C@H]1/C=C(\C=O)[C@H]2CC(C)(C)[C@]2(O)[C@@H](O)C/C(C)=C/1. The van der Waals surface area contributed by atoms with E-state index in [9.17, 15) is 15.0 Å². The summed E-state index contributed by atoms with van der Waals surface area (Å²) in [5, 5.41) is 21.5. The van der Waals surface area contributed by atoms with Gasteiger partial charge in [-0.3, -0.25) is 4.79 Å². The van der Waals surface area contributed by atoms with Gasteiger partial charge in [0.05, 0.1) is 12.2 Å². The van der Waals surface area contributed by atoms with Crippen LogP contribution in [0.2, 0.25) is 0 Å². The van der Waals surface area contributed by atoms with Gasteiger partial charge in [0.25, 0.3) is 0 Å². The highest BCUT2D eigenvalue weighted by atomic mass is 16.5. The highest BCUT2D eigenvalue weighted by molar-refractivity contribution is 5.75. The van der Waals surface area contributed by atoms with Crippen molar-refractivity contribution in [1.29, 1.82) is 0 Å². The summed E-state index contributed by atoms with van der Waals surface area (Å²) in [6.45, 7) is 5.76. The summed E-state index contributed by atoms with van der Waals surface area (Å²) in [6, 6.07) is 0. The molecule has 1 fully saturated rings. The maximum absolute atomic E-state index is 11.4. The van der Waals surface area contributed by atoms with Crippen LogP contribution in [0.15, 0.2) is 23.3 Å². The Balaban J connectivity index is 2.49. The average Bonchev–Trinajstić information content (AvgIpc) is 2.41. The van der Waals surface area contributed by atoms with E-state index < -0.39 is 17.1 Å². The number of aldehydes is 1. The standard InChI is InChI=1S/C16H24O4/c1-10-5-12(20-4)7-11(9-17)13-8-15(2,3)16(13,19)14(18)6-10/h5,7,9,12-14,18-19H,6,8H2,1-4H3/b10-5+,11-7+/t12-,13-,14+,16-/m1/s1. The molecule has 0 heterocycles. The smallest absolute Gasteiger partial charge is 0.146 e. The minimum absolute atomic E-state index is 0.298. The van der Waals surface area contributed by atoms with E-state index in [-0.39, 0.29) is 12.0 Å². The van der Waals surface area contributed by atoms with Gasteiger partial charge in [0.2, 0.25) is 0 Å². The van der Waals surface area contributed by atoms with Gasteiger partial charge >= 0.3 is 0 Å². The molecule has 4 atom stereocenters. The predicted molar refractivity (Wildman–Crippen MR) is 76.2 cm³/mol. The van der Waals surface area contributed by atoms with Gasteiger partial charge in [0, 0.05) is 13.0 Å². The molecule has 2 N–H and O–H groups in total. The Kier molecular flexibility index (Phi) is 3.93. The van der Waals surface area contributed by atoms with Crippen molar-refractivity contribution in [2.75, 3.05) is 7.11 Å². The molecular formula is C16H24O4. The van der Waals surface area contributed by atoms with Crippen molar-refractivity contribution in [2.45, 2.75) is 51.4 Å². The van der Waals surface area contributed by atoms with E-state index in [0.29, 0.717) is 18.4 Å². The largest absolute Gasteiger partial charge is 0.390 e. The molecule has 0 saturated heterocycles. The molecule has 0 bridgehead atoms. The number of aliphatic hydroxyl groups is 2. The fourth-order valence-corrected chi connectivity index (χ4v) is 3.65. The topological polar surface area (TPSA) is 66.8 Å². The van der Waals surface area contributed by atoms with E-state index in [4.69, 9.17) is 4.74 Å². The lowest BCUT2D eigenvalue weighted by Gasteiger charge is -2.60. The number of hydrogen-bond donors (Lipinski definition) is 2. The molecule has 0 unspecified atom stereocenters. The Morgan fingerprint density at radius 2 is 2.05 bits per heavy atom. The number of hydrogen-bond acceptors (Lipinski definition) is 4. The molecule has 4 nitrogen and oxygen atoms in total. The van der Waals surface area contributed by atoms with Crippen molar-refractivity contribution < 1.29 is 19.7 Å².